The van der Waals surface area contributed by atoms with Gasteiger partial charge in [-0.25, -0.2) is 0 Å². The van der Waals surface area contributed by atoms with Gasteiger partial charge in [0.25, 0.3) is 0 Å². The van der Waals surface area contributed by atoms with Crippen LogP contribution in [-0.4, -0.2) is 48.4 Å². The first kappa shape index (κ1) is 9.61. The minimum atomic E-state index is -0.230. The molecule has 0 bridgehead atoms. The third-order valence-corrected chi connectivity index (χ3v) is 2.78. The molecule has 0 aromatic carbocycles. The lowest BCUT2D eigenvalue weighted by Crippen LogP contribution is -2.54. The predicted molar refractivity (Wildman–Crippen MR) is 50.6 cm³/mol. The van der Waals surface area contributed by atoms with Crippen LogP contribution in [0, 0.1) is 0 Å². The summed E-state index contributed by atoms with van der Waals surface area (Å²) in [5, 5.41) is 5.64. The van der Waals surface area contributed by atoms with Gasteiger partial charge in [0.05, 0.1) is 12.5 Å². The van der Waals surface area contributed by atoms with Crippen LogP contribution >= 0.6 is 0 Å². The van der Waals surface area contributed by atoms with E-state index in [-0.39, 0.29) is 17.9 Å². The summed E-state index contributed by atoms with van der Waals surface area (Å²) in [5.41, 5.74) is 0. The maximum atomic E-state index is 11.4. The largest absolute Gasteiger partial charge is 0.312 e. The van der Waals surface area contributed by atoms with Crippen LogP contribution in [-0.2, 0) is 9.59 Å². The van der Waals surface area contributed by atoms with Gasteiger partial charge in [0.1, 0.15) is 0 Å². The van der Waals surface area contributed by atoms with E-state index in [1.807, 2.05) is 0 Å². The van der Waals surface area contributed by atoms with Crippen molar-refractivity contribution in [1.29, 1.82) is 0 Å². The zero-order valence-electron chi connectivity index (χ0n) is 8.25. The Bertz CT molecular complexity index is 267. The molecule has 2 fully saturated rings. The summed E-state index contributed by atoms with van der Waals surface area (Å²) in [6, 6.07) is 0.166. The number of hydrogen-bond acceptors (Lipinski definition) is 4. The molecule has 2 aliphatic rings. The minimum Gasteiger partial charge on any atom is -0.312 e. The Balaban J connectivity index is 2.00. The molecule has 1 unspecified atom stereocenters. The number of imide groups is 1. The van der Waals surface area contributed by atoms with Gasteiger partial charge < -0.3 is 5.32 Å². The Labute approximate surface area is 82.8 Å². The average molecular weight is 197 g/mol. The maximum Gasteiger partial charge on any atom is 0.244 e. The number of nitrogens with zero attached hydrogens (tertiary/aromatic N) is 1. The number of rotatable bonds is 1. The second-order valence-electron chi connectivity index (χ2n) is 3.98. The second kappa shape index (κ2) is 3.67. The summed E-state index contributed by atoms with van der Waals surface area (Å²) < 4.78 is 0. The second-order valence-corrected chi connectivity index (χ2v) is 3.98. The van der Waals surface area contributed by atoms with E-state index in [0.717, 1.165) is 19.6 Å². The minimum absolute atomic E-state index is 0.135. The van der Waals surface area contributed by atoms with Crippen LogP contribution < -0.4 is 10.6 Å². The first-order valence-corrected chi connectivity index (χ1v) is 4.98. The van der Waals surface area contributed by atoms with Crippen LogP contribution in [0.2, 0.25) is 0 Å². The van der Waals surface area contributed by atoms with Gasteiger partial charge in [-0.05, 0) is 6.92 Å². The standard InChI is InChI=1S/C9H15N3O2/c1-6-5-12(3-2-10-6)7-4-8(13)11-9(7)14/h6-7,10H,2-5H2,1H3,(H,11,13,14)/t6-,7?/m1/s1. The highest BCUT2D eigenvalue weighted by molar-refractivity contribution is 6.05. The molecule has 2 rings (SSSR count). The van der Waals surface area contributed by atoms with Crippen molar-refractivity contribution in [3.63, 3.8) is 0 Å². The quantitative estimate of drug-likeness (QED) is 0.513. The van der Waals surface area contributed by atoms with E-state index in [9.17, 15) is 9.59 Å². The highest BCUT2D eigenvalue weighted by Crippen LogP contribution is 2.12. The van der Waals surface area contributed by atoms with E-state index in [2.05, 4.69) is 22.5 Å². The topological polar surface area (TPSA) is 61.4 Å². The van der Waals surface area contributed by atoms with Crippen molar-refractivity contribution in [1.82, 2.24) is 15.5 Å². The van der Waals surface area contributed by atoms with Gasteiger partial charge in [-0.1, -0.05) is 0 Å². The number of carbonyl (C=O) groups is 2. The summed E-state index contributed by atoms with van der Waals surface area (Å²) >= 11 is 0. The Kier molecular flexibility index (Phi) is 2.52. The molecular formula is C9H15N3O2. The molecule has 5 nitrogen and oxygen atoms in total. The van der Waals surface area contributed by atoms with Crippen molar-refractivity contribution in [3.8, 4) is 0 Å². The molecule has 0 saturated carbocycles. The summed E-state index contributed by atoms with van der Waals surface area (Å²) in [4.78, 5) is 24.5. The number of hydrogen-bond donors (Lipinski definition) is 2. The van der Waals surface area contributed by atoms with Crippen molar-refractivity contribution in [2.45, 2.75) is 25.4 Å². The molecular weight excluding hydrogens is 182 g/mol. The number of piperazine rings is 1. The number of amides is 2. The molecule has 0 aromatic heterocycles. The number of nitrogens with one attached hydrogen (secondary N) is 2. The SMILES string of the molecule is C[C@@H]1CN(C2CC(=O)NC2=O)CCN1. The molecule has 0 spiro atoms. The predicted octanol–water partition coefficient (Wildman–Crippen LogP) is -1.30. The molecule has 0 radical (unpaired) electrons. The lowest BCUT2D eigenvalue weighted by atomic mass is 10.1. The highest BCUT2D eigenvalue weighted by atomic mass is 16.2. The summed E-state index contributed by atoms with van der Waals surface area (Å²) in [6.45, 7) is 4.65. The van der Waals surface area contributed by atoms with Gasteiger partial charge in [0, 0.05) is 25.7 Å². The molecule has 2 amide bonds. The van der Waals surface area contributed by atoms with Crippen molar-refractivity contribution in [2.24, 2.45) is 0 Å². The molecule has 0 aliphatic carbocycles. The fourth-order valence-electron chi connectivity index (χ4n) is 2.08. The zero-order valence-corrected chi connectivity index (χ0v) is 8.25. The Hall–Kier alpha value is -0.940. The third-order valence-electron chi connectivity index (χ3n) is 2.78. The molecule has 2 atom stereocenters. The van der Waals surface area contributed by atoms with Gasteiger partial charge in [-0.15, -0.1) is 0 Å². The molecule has 2 aliphatic heterocycles. The first-order chi connectivity index (χ1) is 6.66. The normalized spacial score (nSPS) is 34.6. The summed E-state index contributed by atoms with van der Waals surface area (Å²) in [7, 11) is 0. The van der Waals surface area contributed by atoms with Crippen LogP contribution in [0.4, 0.5) is 0 Å². The molecule has 0 aromatic rings. The summed E-state index contributed by atoms with van der Waals surface area (Å²) in [5.74, 6) is -0.282. The van der Waals surface area contributed by atoms with Crippen molar-refractivity contribution in [2.75, 3.05) is 19.6 Å². The molecule has 5 heteroatoms. The molecule has 78 valence electrons. The van der Waals surface area contributed by atoms with Crippen molar-refractivity contribution >= 4 is 11.8 Å². The van der Waals surface area contributed by atoms with E-state index >= 15 is 0 Å². The molecule has 2 heterocycles. The number of carbonyl (C=O) groups excluding carboxylic acids is 2. The Morgan fingerprint density at radius 2 is 2.21 bits per heavy atom. The lowest BCUT2D eigenvalue weighted by molar-refractivity contribution is -0.126. The van der Waals surface area contributed by atoms with E-state index in [1.54, 1.807) is 0 Å². The average Bonchev–Trinajstić information content (AvgIpc) is 2.45. The maximum absolute atomic E-state index is 11.4. The van der Waals surface area contributed by atoms with Crippen LogP contribution in [0.3, 0.4) is 0 Å². The summed E-state index contributed by atoms with van der Waals surface area (Å²) in [6.07, 6.45) is 0.325. The van der Waals surface area contributed by atoms with E-state index < -0.39 is 0 Å². The van der Waals surface area contributed by atoms with Gasteiger partial charge in [-0.2, -0.15) is 0 Å². The lowest BCUT2D eigenvalue weighted by Gasteiger charge is -2.34. The van der Waals surface area contributed by atoms with Crippen LogP contribution in [0.25, 0.3) is 0 Å². The van der Waals surface area contributed by atoms with Crippen LogP contribution in [0.1, 0.15) is 13.3 Å². The molecule has 14 heavy (non-hydrogen) atoms. The molecule has 2 N–H and O–H groups in total. The van der Waals surface area contributed by atoms with Crippen LogP contribution in [0.15, 0.2) is 0 Å². The monoisotopic (exact) mass is 197 g/mol. The van der Waals surface area contributed by atoms with Gasteiger partial charge in [-0.3, -0.25) is 19.8 Å². The van der Waals surface area contributed by atoms with E-state index in [4.69, 9.17) is 0 Å². The molecule has 2 saturated heterocycles. The third kappa shape index (κ3) is 1.78. The van der Waals surface area contributed by atoms with Crippen molar-refractivity contribution in [3.05, 3.63) is 0 Å². The highest BCUT2D eigenvalue weighted by Gasteiger charge is 2.36. The Morgan fingerprint density at radius 1 is 1.43 bits per heavy atom. The van der Waals surface area contributed by atoms with Gasteiger partial charge in [0.2, 0.25) is 11.8 Å². The Morgan fingerprint density at radius 3 is 2.79 bits per heavy atom. The smallest absolute Gasteiger partial charge is 0.244 e. The van der Waals surface area contributed by atoms with E-state index in [0.29, 0.717) is 12.5 Å². The van der Waals surface area contributed by atoms with Crippen molar-refractivity contribution < 1.29 is 9.59 Å². The van der Waals surface area contributed by atoms with Gasteiger partial charge >= 0.3 is 0 Å². The fraction of sp³-hybridized carbons (Fsp3) is 0.778. The van der Waals surface area contributed by atoms with E-state index in [1.165, 1.54) is 0 Å². The van der Waals surface area contributed by atoms with Gasteiger partial charge in [0.15, 0.2) is 0 Å². The van der Waals surface area contributed by atoms with Crippen LogP contribution in [0.5, 0.6) is 0 Å². The zero-order chi connectivity index (χ0) is 10.1. The first-order valence-electron chi connectivity index (χ1n) is 4.98. The fourth-order valence-corrected chi connectivity index (χ4v) is 2.08.